The summed E-state index contributed by atoms with van der Waals surface area (Å²) in [6.45, 7) is 3.49. The molecule has 44 heavy (non-hydrogen) atoms. The number of piperazine rings is 1. The molecule has 232 valence electrons. The molecule has 4 N–H and O–H groups in total. The molecule has 3 heterocycles. The number of guanidine groups is 1. The van der Waals surface area contributed by atoms with Crippen LogP contribution in [0.1, 0.15) is 58.8 Å². The quantitative estimate of drug-likeness (QED) is 0.338. The Hall–Kier alpha value is -4.25. The van der Waals surface area contributed by atoms with E-state index in [1.807, 2.05) is 39.9 Å². The summed E-state index contributed by atoms with van der Waals surface area (Å²) in [5.74, 6) is -1.22. The highest BCUT2D eigenvalue weighted by Crippen LogP contribution is 2.54. The number of nitrogens with one attached hydrogen (secondary N) is 1. The molecule has 0 aromatic heterocycles. The number of likely N-dealkylation sites (tertiary alicyclic amines) is 1. The monoisotopic (exact) mass is 600 g/mol. The van der Waals surface area contributed by atoms with Gasteiger partial charge in [0, 0.05) is 50.7 Å². The number of carboxylic acids is 1. The molecule has 0 bridgehead atoms. The van der Waals surface area contributed by atoms with Crippen LogP contribution in [-0.4, -0.2) is 95.6 Å². The molecule has 2 aromatic carbocycles. The van der Waals surface area contributed by atoms with Gasteiger partial charge in [-0.1, -0.05) is 24.3 Å². The number of Topliss-reactive ketones (excluding diaryl/α,β-unsaturated/α-hetero) is 1. The van der Waals surface area contributed by atoms with Crippen molar-refractivity contribution < 1.29 is 24.3 Å². The number of anilines is 1. The highest BCUT2D eigenvalue weighted by molar-refractivity contribution is 5.98. The number of likely N-dealkylation sites (N-methyl/N-ethyl adjacent to an activating group) is 1. The molecule has 0 radical (unpaired) electrons. The van der Waals surface area contributed by atoms with Gasteiger partial charge in [0.15, 0.2) is 11.7 Å². The van der Waals surface area contributed by atoms with E-state index < -0.39 is 12.0 Å². The van der Waals surface area contributed by atoms with E-state index >= 15 is 0 Å². The van der Waals surface area contributed by atoms with Gasteiger partial charge in [-0.3, -0.25) is 24.7 Å². The Kier molecular flexibility index (Phi) is 7.91. The zero-order valence-electron chi connectivity index (χ0n) is 25.1. The van der Waals surface area contributed by atoms with Crippen molar-refractivity contribution in [1.82, 2.24) is 14.7 Å². The second kappa shape index (κ2) is 11.7. The second-order valence-corrected chi connectivity index (χ2v) is 12.9. The number of aromatic carboxylic acids is 1. The molecule has 2 saturated heterocycles. The minimum atomic E-state index is -1.03. The molecule has 1 unspecified atom stereocenters. The standard InChI is InChI=1S/C33H40N6O5/c1-36-15-16-38(28(41)20-36)26-4-2-3-25-24(26)9-12-39(29(25)27(40)17-21-5-7-22(8-6-21)31(43)44)30(42)23-18-33(19-23)10-13-37(14-11-33)32(34)35/h2-8,23,29H,9-20H2,1H3,(H3,34,35)(H,43,44). The highest BCUT2D eigenvalue weighted by Gasteiger charge is 2.51. The molecule has 3 aliphatic heterocycles. The van der Waals surface area contributed by atoms with Crippen LogP contribution in [0.25, 0.3) is 0 Å². The number of hydrogen-bond acceptors (Lipinski definition) is 6. The molecular weight excluding hydrogens is 560 g/mol. The Morgan fingerprint density at radius 3 is 2.34 bits per heavy atom. The second-order valence-electron chi connectivity index (χ2n) is 12.9. The molecular formula is C33H40N6O5. The lowest BCUT2D eigenvalue weighted by molar-refractivity contribution is -0.151. The Morgan fingerprint density at radius 2 is 1.70 bits per heavy atom. The van der Waals surface area contributed by atoms with Crippen LogP contribution in [0.5, 0.6) is 0 Å². The summed E-state index contributed by atoms with van der Waals surface area (Å²) in [5, 5.41) is 17.0. The first kappa shape index (κ1) is 29.8. The Balaban J connectivity index is 1.27. The number of carbonyl (C=O) groups is 4. The zero-order valence-corrected chi connectivity index (χ0v) is 25.1. The number of carboxylic acid groups (broad SMARTS) is 1. The van der Waals surface area contributed by atoms with Crippen molar-refractivity contribution in [2.45, 2.75) is 44.6 Å². The molecule has 1 aliphatic carbocycles. The van der Waals surface area contributed by atoms with E-state index in [4.69, 9.17) is 11.1 Å². The van der Waals surface area contributed by atoms with Gasteiger partial charge in [-0.15, -0.1) is 0 Å². The van der Waals surface area contributed by atoms with Gasteiger partial charge in [0.2, 0.25) is 11.8 Å². The van der Waals surface area contributed by atoms with Crippen molar-refractivity contribution in [2.75, 3.05) is 51.2 Å². The van der Waals surface area contributed by atoms with Gasteiger partial charge in [0.05, 0.1) is 12.1 Å². The number of benzene rings is 2. The van der Waals surface area contributed by atoms with Crippen molar-refractivity contribution in [1.29, 1.82) is 5.41 Å². The molecule has 11 heteroatoms. The van der Waals surface area contributed by atoms with Crippen LogP contribution in [0.15, 0.2) is 42.5 Å². The SMILES string of the molecule is CN1CCN(c2cccc3c2CCN(C(=O)C2CC4(CCN(C(=N)N)CC4)C2)C3C(=O)Cc2ccc(C(=O)O)cc2)C(=O)C1. The maximum absolute atomic E-state index is 14.1. The number of nitrogens with two attached hydrogens (primary N) is 1. The smallest absolute Gasteiger partial charge is 0.335 e. The summed E-state index contributed by atoms with van der Waals surface area (Å²) in [4.78, 5) is 60.1. The van der Waals surface area contributed by atoms with Crippen LogP contribution in [0, 0.1) is 16.7 Å². The molecule has 2 aromatic rings. The van der Waals surface area contributed by atoms with Gasteiger partial charge >= 0.3 is 5.97 Å². The normalized spacial score (nSPS) is 22.0. The van der Waals surface area contributed by atoms with Crippen LogP contribution in [0.3, 0.4) is 0 Å². The van der Waals surface area contributed by atoms with E-state index in [1.54, 1.807) is 17.0 Å². The van der Waals surface area contributed by atoms with Gasteiger partial charge < -0.3 is 25.5 Å². The van der Waals surface area contributed by atoms with E-state index in [0.29, 0.717) is 31.6 Å². The van der Waals surface area contributed by atoms with Crippen molar-refractivity contribution in [3.63, 3.8) is 0 Å². The fourth-order valence-corrected chi connectivity index (χ4v) is 7.62. The molecule has 1 atom stereocenters. The number of rotatable bonds is 6. The molecule has 1 spiro atoms. The summed E-state index contributed by atoms with van der Waals surface area (Å²) in [6.07, 6.45) is 3.95. The number of ketones is 1. The van der Waals surface area contributed by atoms with Crippen molar-refractivity contribution in [2.24, 2.45) is 17.1 Å². The largest absolute Gasteiger partial charge is 0.478 e. The predicted molar refractivity (Wildman–Crippen MR) is 164 cm³/mol. The Bertz CT molecular complexity index is 1490. The summed E-state index contributed by atoms with van der Waals surface area (Å²) >= 11 is 0. The zero-order chi connectivity index (χ0) is 31.2. The number of fused-ring (bicyclic) bond motifs is 1. The van der Waals surface area contributed by atoms with E-state index in [-0.39, 0.29) is 46.9 Å². The third-order valence-corrected chi connectivity index (χ3v) is 10.1. The number of hydrogen-bond donors (Lipinski definition) is 3. The number of nitrogens with zero attached hydrogens (tertiary/aromatic N) is 4. The van der Waals surface area contributed by atoms with E-state index in [9.17, 15) is 24.3 Å². The molecule has 4 aliphatic rings. The Morgan fingerprint density at radius 1 is 1.00 bits per heavy atom. The fourth-order valence-electron chi connectivity index (χ4n) is 7.62. The third-order valence-electron chi connectivity index (χ3n) is 10.1. The molecule has 2 amide bonds. The topological polar surface area (TPSA) is 151 Å². The first-order chi connectivity index (χ1) is 21.0. The first-order valence-electron chi connectivity index (χ1n) is 15.4. The maximum atomic E-state index is 14.1. The lowest BCUT2D eigenvalue weighted by Gasteiger charge is -2.53. The van der Waals surface area contributed by atoms with Gasteiger partial charge in [0.1, 0.15) is 6.04 Å². The minimum Gasteiger partial charge on any atom is -0.478 e. The summed E-state index contributed by atoms with van der Waals surface area (Å²) in [5.41, 5.74) is 9.13. The maximum Gasteiger partial charge on any atom is 0.335 e. The summed E-state index contributed by atoms with van der Waals surface area (Å²) in [7, 11) is 1.92. The highest BCUT2D eigenvalue weighted by atomic mass is 16.4. The molecule has 6 rings (SSSR count). The molecule has 1 saturated carbocycles. The van der Waals surface area contributed by atoms with Crippen LogP contribution in [0.2, 0.25) is 0 Å². The fraction of sp³-hybridized carbons (Fsp3) is 0.485. The summed E-state index contributed by atoms with van der Waals surface area (Å²) < 4.78 is 0. The average molecular weight is 601 g/mol. The predicted octanol–water partition coefficient (Wildman–Crippen LogP) is 2.29. The van der Waals surface area contributed by atoms with Crippen LogP contribution < -0.4 is 10.6 Å². The lowest BCUT2D eigenvalue weighted by atomic mass is 9.57. The first-order valence-corrected chi connectivity index (χ1v) is 15.4. The summed E-state index contributed by atoms with van der Waals surface area (Å²) in [6, 6.07) is 11.2. The van der Waals surface area contributed by atoms with E-state index in [1.165, 1.54) is 12.1 Å². The molecule has 11 nitrogen and oxygen atoms in total. The van der Waals surface area contributed by atoms with Gasteiger partial charge in [-0.2, -0.15) is 0 Å². The van der Waals surface area contributed by atoms with Crippen LogP contribution in [0.4, 0.5) is 5.69 Å². The van der Waals surface area contributed by atoms with E-state index in [2.05, 4.69) is 0 Å². The van der Waals surface area contributed by atoms with Crippen LogP contribution >= 0.6 is 0 Å². The minimum absolute atomic E-state index is 0.00377. The molecule has 3 fully saturated rings. The van der Waals surface area contributed by atoms with Gasteiger partial charge in [-0.05, 0) is 79.5 Å². The van der Waals surface area contributed by atoms with E-state index in [0.717, 1.165) is 62.1 Å². The number of amides is 2. The van der Waals surface area contributed by atoms with Crippen LogP contribution in [-0.2, 0) is 27.2 Å². The Labute approximate surface area is 257 Å². The van der Waals surface area contributed by atoms with Crippen molar-refractivity contribution in [3.8, 4) is 0 Å². The number of carbonyl (C=O) groups excluding carboxylic acids is 3. The number of piperidine rings is 1. The van der Waals surface area contributed by atoms with Crippen molar-refractivity contribution >= 4 is 35.2 Å². The average Bonchev–Trinajstić information content (AvgIpc) is 2.99. The third kappa shape index (κ3) is 5.56. The van der Waals surface area contributed by atoms with Crippen molar-refractivity contribution in [3.05, 3.63) is 64.7 Å². The van der Waals surface area contributed by atoms with Gasteiger partial charge in [-0.25, -0.2) is 4.79 Å². The van der Waals surface area contributed by atoms with Gasteiger partial charge in [0.25, 0.3) is 0 Å². The lowest BCUT2D eigenvalue weighted by Crippen LogP contribution is -2.55.